The van der Waals surface area contributed by atoms with Crippen LogP contribution < -0.4 is 5.73 Å². The predicted octanol–water partition coefficient (Wildman–Crippen LogP) is 0.684. The molecule has 2 rings (SSSR count). The van der Waals surface area contributed by atoms with Crippen molar-refractivity contribution in [1.29, 1.82) is 0 Å². The molecule has 0 saturated carbocycles. The summed E-state index contributed by atoms with van der Waals surface area (Å²) in [7, 11) is 0. The maximum atomic E-state index is 9.08. The van der Waals surface area contributed by atoms with E-state index in [1.807, 2.05) is 5.38 Å². The van der Waals surface area contributed by atoms with E-state index in [1.165, 1.54) is 11.3 Å². The highest BCUT2D eigenvalue weighted by molar-refractivity contribution is 7.15. The average molecular weight is 155 g/mol. The standard InChI is InChI=1S/C5H5N3OS/c6-5-7-3(9)4-8(5)1-2-10-4/h1-2,9H,(H2,6,7). The van der Waals surface area contributed by atoms with Gasteiger partial charge in [-0.3, -0.25) is 4.40 Å². The molecule has 2 aromatic heterocycles. The molecule has 3 N–H and O–H groups in total. The van der Waals surface area contributed by atoms with Crippen LogP contribution in [0.2, 0.25) is 0 Å². The molecule has 0 aliphatic rings. The Morgan fingerprint density at radius 1 is 1.70 bits per heavy atom. The summed E-state index contributed by atoms with van der Waals surface area (Å²) in [5.41, 5.74) is 5.42. The summed E-state index contributed by atoms with van der Waals surface area (Å²) in [6.07, 6.45) is 1.77. The van der Waals surface area contributed by atoms with Crippen molar-refractivity contribution in [2.24, 2.45) is 0 Å². The topological polar surface area (TPSA) is 63.5 Å². The fourth-order valence-corrected chi connectivity index (χ4v) is 1.56. The lowest BCUT2D eigenvalue weighted by atomic mass is 10.8. The number of hydrogen-bond acceptors (Lipinski definition) is 4. The van der Waals surface area contributed by atoms with Crippen molar-refractivity contribution < 1.29 is 5.11 Å². The number of aromatic nitrogens is 2. The van der Waals surface area contributed by atoms with Gasteiger partial charge in [-0.15, -0.1) is 11.3 Å². The average Bonchev–Trinajstić information content (AvgIpc) is 2.39. The van der Waals surface area contributed by atoms with Crippen LogP contribution in [-0.4, -0.2) is 14.5 Å². The zero-order chi connectivity index (χ0) is 7.14. The maximum absolute atomic E-state index is 9.08. The van der Waals surface area contributed by atoms with Gasteiger partial charge in [-0.25, -0.2) is 0 Å². The Balaban J connectivity index is 2.98. The van der Waals surface area contributed by atoms with Gasteiger partial charge in [0.1, 0.15) is 0 Å². The van der Waals surface area contributed by atoms with Crippen LogP contribution in [0.15, 0.2) is 11.6 Å². The Hall–Kier alpha value is -1.23. The maximum Gasteiger partial charge on any atom is 0.250 e. The molecule has 0 aliphatic heterocycles. The van der Waals surface area contributed by atoms with Crippen LogP contribution >= 0.6 is 11.3 Å². The van der Waals surface area contributed by atoms with Crippen LogP contribution in [0.25, 0.3) is 4.83 Å². The van der Waals surface area contributed by atoms with Crippen molar-refractivity contribution in [3.8, 4) is 5.88 Å². The molecule has 0 fully saturated rings. The molecule has 0 bridgehead atoms. The number of aromatic hydroxyl groups is 1. The second kappa shape index (κ2) is 1.63. The van der Waals surface area contributed by atoms with E-state index in [0.717, 1.165) is 0 Å². The van der Waals surface area contributed by atoms with E-state index in [2.05, 4.69) is 4.98 Å². The van der Waals surface area contributed by atoms with Crippen LogP contribution in [0, 0.1) is 0 Å². The summed E-state index contributed by atoms with van der Waals surface area (Å²) in [5, 5.41) is 10.9. The zero-order valence-electron chi connectivity index (χ0n) is 4.98. The van der Waals surface area contributed by atoms with Gasteiger partial charge in [0.05, 0.1) is 0 Å². The Morgan fingerprint density at radius 2 is 2.50 bits per heavy atom. The molecule has 0 unspecified atom stereocenters. The van der Waals surface area contributed by atoms with E-state index in [0.29, 0.717) is 10.8 Å². The molecule has 2 heterocycles. The Bertz CT molecular complexity index is 332. The molecule has 4 nitrogen and oxygen atoms in total. The molecule has 0 spiro atoms. The molecule has 0 aliphatic carbocycles. The summed E-state index contributed by atoms with van der Waals surface area (Å²) in [6, 6.07) is 0. The molecular weight excluding hydrogens is 150 g/mol. The molecule has 2 aromatic rings. The van der Waals surface area contributed by atoms with Gasteiger partial charge < -0.3 is 10.8 Å². The highest BCUT2D eigenvalue weighted by Crippen LogP contribution is 2.24. The highest BCUT2D eigenvalue weighted by Gasteiger charge is 2.06. The minimum absolute atomic E-state index is 0.00694. The van der Waals surface area contributed by atoms with Crippen molar-refractivity contribution in [2.45, 2.75) is 0 Å². The third-order valence-corrected chi connectivity index (χ3v) is 2.13. The third-order valence-electron chi connectivity index (χ3n) is 1.27. The van der Waals surface area contributed by atoms with E-state index in [1.54, 1.807) is 10.6 Å². The summed E-state index contributed by atoms with van der Waals surface area (Å²) in [6.45, 7) is 0. The summed E-state index contributed by atoms with van der Waals surface area (Å²) < 4.78 is 1.64. The molecule has 0 atom stereocenters. The first-order valence-corrected chi connectivity index (χ1v) is 3.57. The van der Waals surface area contributed by atoms with Crippen molar-refractivity contribution in [3.63, 3.8) is 0 Å². The summed E-state index contributed by atoms with van der Waals surface area (Å²) >= 11 is 1.41. The van der Waals surface area contributed by atoms with E-state index in [4.69, 9.17) is 10.8 Å². The number of imidazole rings is 1. The van der Waals surface area contributed by atoms with Gasteiger partial charge in [-0.05, 0) is 0 Å². The number of thiazole rings is 1. The molecule has 10 heavy (non-hydrogen) atoms. The number of nitrogens with zero attached hydrogens (tertiary/aromatic N) is 2. The fraction of sp³-hybridized carbons (Fsp3) is 0. The van der Waals surface area contributed by atoms with E-state index < -0.39 is 0 Å². The molecule has 52 valence electrons. The van der Waals surface area contributed by atoms with Crippen molar-refractivity contribution >= 4 is 22.1 Å². The van der Waals surface area contributed by atoms with Crippen LogP contribution in [0.3, 0.4) is 0 Å². The minimum Gasteiger partial charge on any atom is -0.491 e. The first-order chi connectivity index (χ1) is 4.79. The van der Waals surface area contributed by atoms with E-state index in [-0.39, 0.29) is 5.88 Å². The first kappa shape index (κ1) is 5.55. The van der Waals surface area contributed by atoms with E-state index in [9.17, 15) is 0 Å². The lowest BCUT2D eigenvalue weighted by molar-refractivity contribution is 0.464. The summed E-state index contributed by atoms with van der Waals surface area (Å²) in [5.74, 6) is 0.334. The Kier molecular flexibility index (Phi) is 0.906. The minimum atomic E-state index is 0.00694. The molecule has 5 heteroatoms. The smallest absolute Gasteiger partial charge is 0.250 e. The van der Waals surface area contributed by atoms with Gasteiger partial charge in [0.15, 0.2) is 4.83 Å². The highest BCUT2D eigenvalue weighted by atomic mass is 32.1. The normalized spacial score (nSPS) is 10.8. The van der Waals surface area contributed by atoms with Crippen LogP contribution in [-0.2, 0) is 0 Å². The Morgan fingerprint density at radius 3 is 3.20 bits per heavy atom. The zero-order valence-corrected chi connectivity index (χ0v) is 5.80. The molecule has 0 saturated heterocycles. The number of rotatable bonds is 0. The molecule has 0 radical (unpaired) electrons. The van der Waals surface area contributed by atoms with E-state index >= 15 is 0 Å². The van der Waals surface area contributed by atoms with Crippen molar-refractivity contribution in [3.05, 3.63) is 11.6 Å². The number of nitrogens with two attached hydrogens (primary N) is 1. The predicted molar refractivity (Wildman–Crippen MR) is 39.1 cm³/mol. The molecule has 0 amide bonds. The number of fused-ring (bicyclic) bond motifs is 1. The first-order valence-electron chi connectivity index (χ1n) is 2.69. The monoisotopic (exact) mass is 155 g/mol. The van der Waals surface area contributed by atoms with Crippen LogP contribution in [0.5, 0.6) is 5.88 Å². The third kappa shape index (κ3) is 0.522. The van der Waals surface area contributed by atoms with Crippen LogP contribution in [0.1, 0.15) is 0 Å². The van der Waals surface area contributed by atoms with Crippen LogP contribution in [0.4, 0.5) is 5.95 Å². The molecular formula is C5H5N3OS. The quantitative estimate of drug-likeness (QED) is 0.588. The summed E-state index contributed by atoms with van der Waals surface area (Å²) in [4.78, 5) is 4.35. The van der Waals surface area contributed by atoms with Gasteiger partial charge in [0, 0.05) is 11.6 Å². The number of anilines is 1. The van der Waals surface area contributed by atoms with Crippen molar-refractivity contribution in [1.82, 2.24) is 9.38 Å². The number of hydrogen-bond donors (Lipinski definition) is 2. The second-order valence-electron chi connectivity index (χ2n) is 1.87. The van der Waals surface area contributed by atoms with Gasteiger partial charge in [-0.2, -0.15) is 4.98 Å². The van der Waals surface area contributed by atoms with Gasteiger partial charge in [0.25, 0.3) is 0 Å². The fourth-order valence-electron chi connectivity index (χ4n) is 0.831. The number of nitrogen functional groups attached to an aromatic ring is 1. The lowest BCUT2D eigenvalue weighted by Crippen LogP contribution is -1.89. The largest absolute Gasteiger partial charge is 0.491 e. The van der Waals surface area contributed by atoms with Gasteiger partial charge >= 0.3 is 0 Å². The molecule has 0 aromatic carbocycles. The van der Waals surface area contributed by atoms with Gasteiger partial charge in [0.2, 0.25) is 11.8 Å². The SMILES string of the molecule is Nc1nc(O)c2sccn12. The van der Waals surface area contributed by atoms with Crippen molar-refractivity contribution in [2.75, 3.05) is 5.73 Å². The Labute approximate surface area is 60.5 Å². The lowest BCUT2D eigenvalue weighted by Gasteiger charge is -1.81. The van der Waals surface area contributed by atoms with Gasteiger partial charge in [-0.1, -0.05) is 0 Å². The second-order valence-corrected chi connectivity index (χ2v) is 2.77.